The Balaban J connectivity index is 0.000000188. The maximum Gasteiger partial charge on any atom is 0.121 e. The molecule has 0 aliphatic rings. The van der Waals surface area contributed by atoms with Gasteiger partial charge in [0.05, 0.1) is 13.7 Å². The summed E-state index contributed by atoms with van der Waals surface area (Å²) in [6.45, 7) is 15.9. The fourth-order valence-electron chi connectivity index (χ4n) is 5.87. The molecule has 0 N–H and O–H groups in total. The summed E-state index contributed by atoms with van der Waals surface area (Å²) < 4.78 is 6.27. The number of benzene rings is 4. The fourth-order valence-corrected chi connectivity index (χ4v) is 7.54. The van der Waals surface area contributed by atoms with Crippen molar-refractivity contribution in [3.05, 3.63) is 138 Å². The Kier molecular flexibility index (Phi) is 10.4. The number of pyridine rings is 2. The van der Waals surface area contributed by atoms with Gasteiger partial charge in [0.1, 0.15) is 5.58 Å². The van der Waals surface area contributed by atoms with Crippen LogP contribution in [0.15, 0.2) is 114 Å². The molecule has 0 amide bonds. The molecule has 3 aromatic heterocycles. The van der Waals surface area contributed by atoms with E-state index in [2.05, 4.69) is 143 Å². The molecule has 3 nitrogen and oxygen atoms in total. The van der Waals surface area contributed by atoms with Crippen LogP contribution in [0, 0.1) is 26.0 Å². The number of hydrogen-bond acceptors (Lipinski definition) is 3. The molecule has 0 fully saturated rings. The van der Waals surface area contributed by atoms with Crippen LogP contribution in [-0.4, -0.2) is 18.0 Å². The predicted octanol–water partition coefficient (Wildman–Crippen LogP) is 10.9. The summed E-state index contributed by atoms with van der Waals surface area (Å²) in [6.07, 6.45) is 3.93. The maximum atomic E-state index is 6.27. The van der Waals surface area contributed by atoms with Crippen LogP contribution in [0.5, 0.6) is 0 Å². The van der Waals surface area contributed by atoms with Crippen LogP contribution in [-0.2, 0) is 20.1 Å². The number of hydrogen-bond donors (Lipinski definition) is 0. The number of fused-ring (bicyclic) bond motifs is 3. The third kappa shape index (κ3) is 7.54. The first-order valence-corrected chi connectivity index (χ1v) is 19.4. The summed E-state index contributed by atoms with van der Waals surface area (Å²) in [5.74, 6) is 0.531. The number of rotatable bonds is 5. The minimum Gasteiger partial charge on any atom is -0.501 e. The Bertz CT molecular complexity index is 2140. The molecular formula is C42H40IrN2OSi-2. The molecule has 4 aromatic carbocycles. The van der Waals surface area contributed by atoms with Gasteiger partial charge in [-0.25, -0.2) is 0 Å². The van der Waals surface area contributed by atoms with Gasteiger partial charge in [-0.1, -0.05) is 117 Å². The van der Waals surface area contributed by atoms with Gasteiger partial charge in [-0.05, 0) is 52.7 Å². The number of aromatic nitrogens is 2. The van der Waals surface area contributed by atoms with Gasteiger partial charge in [-0.3, -0.25) is 0 Å². The van der Waals surface area contributed by atoms with Crippen molar-refractivity contribution in [1.82, 2.24) is 9.97 Å². The molecule has 0 unspecified atom stereocenters. The van der Waals surface area contributed by atoms with E-state index in [4.69, 9.17) is 9.40 Å². The van der Waals surface area contributed by atoms with Crippen molar-refractivity contribution >= 4 is 35.2 Å². The quantitative estimate of drug-likeness (QED) is 0.128. The average Bonchev–Trinajstić information content (AvgIpc) is 3.43. The molecule has 0 spiro atoms. The Labute approximate surface area is 293 Å². The van der Waals surface area contributed by atoms with Crippen molar-refractivity contribution in [2.24, 2.45) is 0 Å². The molecule has 0 saturated carbocycles. The molecule has 3 heterocycles. The van der Waals surface area contributed by atoms with Crippen LogP contribution in [0.3, 0.4) is 0 Å². The summed E-state index contributed by atoms with van der Waals surface area (Å²) in [5, 5.41) is 3.68. The van der Waals surface area contributed by atoms with E-state index in [1.807, 2.05) is 30.5 Å². The van der Waals surface area contributed by atoms with Crippen molar-refractivity contribution in [2.75, 3.05) is 0 Å². The van der Waals surface area contributed by atoms with E-state index in [0.717, 1.165) is 50.0 Å². The second-order valence-electron chi connectivity index (χ2n) is 13.3. The molecule has 0 bridgehead atoms. The van der Waals surface area contributed by atoms with Gasteiger partial charge in [0.15, 0.2) is 0 Å². The minimum atomic E-state index is -1.35. The van der Waals surface area contributed by atoms with Crippen molar-refractivity contribution in [1.29, 1.82) is 0 Å². The Morgan fingerprint density at radius 2 is 1.45 bits per heavy atom. The second-order valence-corrected chi connectivity index (χ2v) is 18.4. The van der Waals surface area contributed by atoms with E-state index in [1.54, 1.807) is 0 Å². The summed E-state index contributed by atoms with van der Waals surface area (Å²) in [4.78, 5) is 9.21. The van der Waals surface area contributed by atoms with Crippen molar-refractivity contribution in [2.45, 2.75) is 53.3 Å². The van der Waals surface area contributed by atoms with Crippen LogP contribution in [0.25, 0.3) is 55.6 Å². The zero-order valence-corrected chi connectivity index (χ0v) is 31.5. The second kappa shape index (κ2) is 14.3. The molecule has 239 valence electrons. The number of nitrogens with zero attached hydrogens (tertiary/aromatic N) is 2. The smallest absolute Gasteiger partial charge is 0.121 e. The zero-order valence-electron chi connectivity index (χ0n) is 28.1. The summed E-state index contributed by atoms with van der Waals surface area (Å²) >= 11 is 0. The summed E-state index contributed by atoms with van der Waals surface area (Å²) in [6, 6.07) is 39.9. The monoisotopic (exact) mass is 809 g/mol. The summed E-state index contributed by atoms with van der Waals surface area (Å²) in [5.41, 5.74) is 11.8. The Morgan fingerprint density at radius 3 is 2.15 bits per heavy atom. The normalized spacial score (nSPS) is 11.3. The first-order chi connectivity index (χ1) is 22.1. The summed E-state index contributed by atoms with van der Waals surface area (Å²) in [7, 11) is -1.35. The van der Waals surface area contributed by atoms with Gasteiger partial charge < -0.3 is 14.4 Å². The average molecular weight is 809 g/mol. The molecule has 0 aliphatic carbocycles. The van der Waals surface area contributed by atoms with Crippen molar-refractivity contribution in [3.63, 3.8) is 0 Å². The SMILES string of the molecule is Cc1cc[c-]c(-c2cc(C(C)C)c([Si](C)(C)C)cn2)c1.Cc1ccnc(-c2[c-]ccc3c2oc2cc(-c4ccccc4)ccc23)c1.[Ir]. The van der Waals surface area contributed by atoms with E-state index < -0.39 is 8.07 Å². The third-order valence-corrected chi connectivity index (χ3v) is 10.3. The van der Waals surface area contributed by atoms with Gasteiger partial charge in [0, 0.05) is 37.9 Å². The van der Waals surface area contributed by atoms with Crippen LogP contribution < -0.4 is 5.19 Å². The van der Waals surface area contributed by atoms with Crippen LogP contribution in [0.1, 0.15) is 36.5 Å². The minimum absolute atomic E-state index is 0. The first kappa shape index (κ1) is 34.2. The first-order valence-electron chi connectivity index (χ1n) is 15.9. The Morgan fingerprint density at radius 1 is 0.702 bits per heavy atom. The van der Waals surface area contributed by atoms with Crippen LogP contribution in [0.4, 0.5) is 0 Å². The molecule has 0 atom stereocenters. The molecule has 1 radical (unpaired) electrons. The van der Waals surface area contributed by atoms with Crippen LogP contribution >= 0.6 is 0 Å². The molecule has 0 saturated heterocycles. The predicted molar refractivity (Wildman–Crippen MR) is 196 cm³/mol. The van der Waals surface area contributed by atoms with E-state index in [-0.39, 0.29) is 20.1 Å². The van der Waals surface area contributed by atoms with E-state index in [0.29, 0.717) is 5.92 Å². The zero-order chi connectivity index (χ0) is 32.4. The van der Waals surface area contributed by atoms with Gasteiger partial charge in [0.2, 0.25) is 0 Å². The molecular weight excluding hydrogens is 769 g/mol. The van der Waals surface area contributed by atoms with Gasteiger partial charge >= 0.3 is 0 Å². The van der Waals surface area contributed by atoms with Crippen LogP contribution in [0.2, 0.25) is 19.6 Å². The van der Waals surface area contributed by atoms with E-state index >= 15 is 0 Å². The van der Waals surface area contributed by atoms with Crippen molar-refractivity contribution < 1.29 is 24.5 Å². The van der Waals surface area contributed by atoms with Gasteiger partial charge in [-0.2, -0.15) is 0 Å². The fraction of sp³-hybridized carbons (Fsp3) is 0.190. The maximum absolute atomic E-state index is 6.27. The third-order valence-electron chi connectivity index (χ3n) is 8.31. The van der Waals surface area contributed by atoms with E-state index in [1.165, 1.54) is 27.4 Å². The molecule has 0 aliphatic heterocycles. The van der Waals surface area contributed by atoms with Gasteiger partial charge in [0.25, 0.3) is 0 Å². The number of aryl methyl sites for hydroxylation is 2. The molecule has 7 aromatic rings. The van der Waals surface area contributed by atoms with Crippen molar-refractivity contribution in [3.8, 4) is 33.6 Å². The standard InChI is InChI=1S/C24H16NO.C18H24NSi.Ir/c1-16-12-13-25-22(14-16)21-9-5-8-20-19-11-10-18(15-23(19)26-24(20)21)17-6-3-2-4-7-17;1-13(2)16-11-17(15-9-7-8-14(3)10-15)19-12-18(16)20(4,5)6;/h2-8,10-15H,1H3;7-8,10-13H,1-6H3;/q2*-1;. The largest absolute Gasteiger partial charge is 0.501 e. The van der Waals surface area contributed by atoms with E-state index in [9.17, 15) is 0 Å². The molecule has 5 heteroatoms. The molecule has 47 heavy (non-hydrogen) atoms. The molecule has 7 rings (SSSR count). The number of furan rings is 1. The van der Waals surface area contributed by atoms with Gasteiger partial charge in [-0.15, -0.1) is 53.6 Å². The Hall–Kier alpha value is -4.15. The topological polar surface area (TPSA) is 38.9 Å².